The Kier molecular flexibility index (Phi) is 12.0. The maximum Gasteiger partial charge on any atom is 0.271 e. The van der Waals surface area contributed by atoms with Crippen LogP contribution in [-0.2, 0) is 9.59 Å². The molecule has 8 rings (SSSR count). The number of nitrogens with zero attached hydrogens (tertiary/aromatic N) is 6. The van der Waals surface area contributed by atoms with Gasteiger partial charge in [-0.2, -0.15) is 5.26 Å². The van der Waals surface area contributed by atoms with Crippen molar-refractivity contribution in [2.45, 2.75) is 108 Å². The standard InChI is InChI=1S/C44H46ClFN8O7/c1-24(2)53(28-17-31(18-28)61-36-11-9-32-39(40(36)46)44(59)54(43(32)58)35-10-12-38(55)51-42(35)57)23-25-13-15-52(16-14-25)37-22-48-34(21-49-37)41(56)50-27-4-7-29(8-5-27)60-30-6-3-26(20-47)33(45)19-30/h3,6,9,11,19,21-22,24-25,27,29,31,35H,4-5,7-8,10,12-18,23H2,1-2H3,(H-,50,51,55,56,57)/p+1. The highest BCUT2D eigenvalue weighted by atomic mass is 35.5. The Hall–Kier alpha value is -5.95. The third kappa shape index (κ3) is 8.79. The summed E-state index contributed by atoms with van der Waals surface area (Å²) in [4.78, 5) is 75.4. The molecule has 5 amide bonds. The molecule has 2 saturated heterocycles. The lowest BCUT2D eigenvalue weighted by atomic mass is 9.90. The molecule has 1 aromatic heterocycles. The van der Waals surface area contributed by atoms with E-state index >= 15 is 4.39 Å². The van der Waals surface area contributed by atoms with Gasteiger partial charge in [0.25, 0.3) is 17.7 Å². The fourth-order valence-electron chi connectivity index (χ4n) is 8.92. The number of hydrogen-bond donors (Lipinski definition) is 2. The molecule has 0 bridgehead atoms. The van der Waals surface area contributed by atoms with Crippen LogP contribution in [0.25, 0.3) is 0 Å². The van der Waals surface area contributed by atoms with E-state index in [4.69, 9.17) is 26.3 Å². The number of rotatable bonds is 11. The lowest BCUT2D eigenvalue weighted by molar-refractivity contribution is -0.569. The van der Waals surface area contributed by atoms with Crippen LogP contribution in [0.1, 0.15) is 115 Å². The van der Waals surface area contributed by atoms with Crippen molar-refractivity contribution < 1.29 is 42.4 Å². The van der Waals surface area contributed by atoms with Crippen LogP contribution in [0.15, 0.2) is 42.7 Å². The number of carbonyl (C=O) groups is 5. The summed E-state index contributed by atoms with van der Waals surface area (Å²) in [5.41, 5.74) is 1.35. The van der Waals surface area contributed by atoms with Crippen LogP contribution in [-0.4, -0.2) is 105 Å². The highest BCUT2D eigenvalue weighted by Crippen LogP contribution is 2.36. The van der Waals surface area contributed by atoms with Gasteiger partial charge in [0.2, 0.25) is 11.8 Å². The summed E-state index contributed by atoms with van der Waals surface area (Å²) in [5, 5.41) is 14.7. The van der Waals surface area contributed by atoms with E-state index in [2.05, 4.69) is 43.9 Å². The molecule has 5 aliphatic rings. The average Bonchev–Trinajstić information content (AvgIpc) is 3.48. The average molecular weight is 854 g/mol. The number of benzene rings is 2. The van der Waals surface area contributed by atoms with Crippen molar-refractivity contribution in [2.24, 2.45) is 5.92 Å². The second kappa shape index (κ2) is 17.6. The summed E-state index contributed by atoms with van der Waals surface area (Å²) in [5.74, 6) is -2.41. The molecule has 4 heterocycles. The minimum Gasteiger partial charge on any atom is -0.490 e. The Balaban J connectivity index is 0.789. The van der Waals surface area contributed by atoms with Crippen molar-refractivity contribution in [2.75, 3.05) is 24.5 Å². The Labute approximate surface area is 357 Å². The van der Waals surface area contributed by atoms with Crippen LogP contribution in [0.2, 0.25) is 5.02 Å². The van der Waals surface area contributed by atoms with Gasteiger partial charge in [-0.3, -0.25) is 34.2 Å². The predicted molar refractivity (Wildman–Crippen MR) is 219 cm³/mol. The van der Waals surface area contributed by atoms with E-state index in [1.165, 1.54) is 24.0 Å². The normalized spacial score (nSPS) is 23.0. The topological polar surface area (TPSA) is 187 Å². The van der Waals surface area contributed by atoms with E-state index in [-0.39, 0.29) is 60.0 Å². The molecule has 0 spiro atoms. The van der Waals surface area contributed by atoms with Gasteiger partial charge in [0.05, 0.1) is 53.1 Å². The SMILES string of the molecule is CC(C)[N+](CC1CCN(c2cnc(C(=O)NC3CCC(Oc4ccc(C#N)c(Cl)c4)CC3)cn2)CC1)=C1CC(Oc2ccc3c(c2F)C(=O)N(C2CCC(=O)NC2=O)C3=O)C1. The zero-order valence-corrected chi connectivity index (χ0v) is 34.8. The van der Waals surface area contributed by atoms with Crippen molar-refractivity contribution in [1.29, 1.82) is 5.26 Å². The first-order valence-electron chi connectivity index (χ1n) is 20.9. The molecular weight excluding hydrogens is 807 g/mol. The van der Waals surface area contributed by atoms with Crippen LogP contribution >= 0.6 is 11.6 Å². The number of aromatic nitrogens is 2. The van der Waals surface area contributed by atoms with Gasteiger partial charge < -0.3 is 19.7 Å². The molecule has 61 heavy (non-hydrogen) atoms. The zero-order chi connectivity index (χ0) is 42.9. The van der Waals surface area contributed by atoms with Gasteiger partial charge in [0, 0.05) is 37.5 Å². The lowest BCUT2D eigenvalue weighted by Gasteiger charge is -2.33. The largest absolute Gasteiger partial charge is 0.490 e. The Bertz CT molecular complexity index is 2330. The summed E-state index contributed by atoms with van der Waals surface area (Å²) < 4.78 is 30.3. The molecule has 15 nitrogen and oxygen atoms in total. The van der Waals surface area contributed by atoms with Crippen molar-refractivity contribution in [1.82, 2.24) is 25.5 Å². The van der Waals surface area contributed by atoms with Crippen LogP contribution in [0.4, 0.5) is 10.2 Å². The molecular formula is C44H47ClFN8O7+. The van der Waals surface area contributed by atoms with E-state index in [1.54, 1.807) is 24.4 Å². The molecule has 17 heteroatoms. The summed E-state index contributed by atoms with van der Waals surface area (Å²) in [6, 6.07) is 8.89. The molecule has 318 valence electrons. The van der Waals surface area contributed by atoms with Crippen LogP contribution in [0.5, 0.6) is 11.5 Å². The van der Waals surface area contributed by atoms with Gasteiger partial charge in [-0.05, 0) is 83.1 Å². The smallest absolute Gasteiger partial charge is 0.271 e. The van der Waals surface area contributed by atoms with Gasteiger partial charge in [0.15, 0.2) is 17.3 Å². The number of ether oxygens (including phenoxy) is 2. The minimum absolute atomic E-state index is 0.00212. The zero-order valence-electron chi connectivity index (χ0n) is 34.0. The highest BCUT2D eigenvalue weighted by Gasteiger charge is 2.47. The van der Waals surface area contributed by atoms with Gasteiger partial charge in [-0.25, -0.2) is 18.9 Å². The van der Waals surface area contributed by atoms with Crippen molar-refractivity contribution in [3.05, 3.63) is 75.9 Å². The number of hydrogen-bond acceptors (Lipinski definition) is 11. The molecule has 3 aliphatic heterocycles. The van der Waals surface area contributed by atoms with Crippen molar-refractivity contribution in [3.8, 4) is 17.6 Å². The number of nitriles is 1. The number of fused-ring (bicyclic) bond motifs is 1. The van der Waals surface area contributed by atoms with E-state index in [0.29, 0.717) is 35.1 Å². The van der Waals surface area contributed by atoms with E-state index in [1.807, 2.05) is 6.07 Å². The van der Waals surface area contributed by atoms with Gasteiger partial charge >= 0.3 is 0 Å². The number of nitrogens with one attached hydrogen (secondary N) is 2. The monoisotopic (exact) mass is 853 g/mol. The van der Waals surface area contributed by atoms with Crippen LogP contribution in [0.3, 0.4) is 0 Å². The van der Waals surface area contributed by atoms with Gasteiger partial charge in [-0.1, -0.05) is 11.6 Å². The molecule has 2 aromatic carbocycles. The maximum atomic E-state index is 15.8. The van der Waals surface area contributed by atoms with Crippen molar-refractivity contribution >= 4 is 52.7 Å². The van der Waals surface area contributed by atoms with Crippen LogP contribution in [0, 0.1) is 23.1 Å². The Morgan fingerprint density at radius 1 is 0.984 bits per heavy atom. The first-order chi connectivity index (χ1) is 29.4. The van der Waals surface area contributed by atoms with Crippen LogP contribution < -0.4 is 25.0 Å². The third-order valence-electron chi connectivity index (χ3n) is 12.4. The molecule has 3 aromatic rings. The van der Waals surface area contributed by atoms with Crippen molar-refractivity contribution in [3.63, 3.8) is 0 Å². The molecule has 4 fully saturated rings. The first-order valence-corrected chi connectivity index (χ1v) is 21.3. The molecule has 2 saturated carbocycles. The quantitative estimate of drug-likeness (QED) is 0.196. The Morgan fingerprint density at radius 2 is 1.74 bits per heavy atom. The van der Waals surface area contributed by atoms with Gasteiger partial charge in [-0.15, -0.1) is 0 Å². The Morgan fingerprint density at radius 3 is 2.39 bits per heavy atom. The number of carbonyl (C=O) groups excluding carboxylic acids is 5. The number of anilines is 1. The number of amides is 5. The summed E-state index contributed by atoms with van der Waals surface area (Å²) in [6.07, 6.45) is 9.05. The molecule has 0 radical (unpaired) electrons. The first kappa shape index (κ1) is 41.8. The van der Waals surface area contributed by atoms with E-state index in [0.717, 1.165) is 68.9 Å². The number of imide groups is 2. The molecule has 2 N–H and O–H groups in total. The second-order valence-corrected chi connectivity index (χ2v) is 17.1. The second-order valence-electron chi connectivity index (χ2n) is 16.7. The summed E-state index contributed by atoms with van der Waals surface area (Å²) in [7, 11) is 0. The van der Waals surface area contributed by atoms with E-state index < -0.39 is 41.1 Å². The number of piperidine rings is 2. The number of halogens is 2. The van der Waals surface area contributed by atoms with Gasteiger partial charge in [0.1, 0.15) is 48.1 Å². The molecule has 1 unspecified atom stereocenters. The highest BCUT2D eigenvalue weighted by molar-refractivity contribution is 6.31. The molecule has 1 atom stereocenters. The summed E-state index contributed by atoms with van der Waals surface area (Å²) >= 11 is 6.15. The lowest BCUT2D eigenvalue weighted by Crippen LogP contribution is -2.54. The minimum atomic E-state index is -1.18. The fraction of sp³-hybridized carbons (Fsp3) is 0.477. The molecule has 2 aliphatic carbocycles. The maximum absolute atomic E-state index is 15.8. The fourth-order valence-corrected chi connectivity index (χ4v) is 9.13. The summed E-state index contributed by atoms with van der Waals surface area (Å²) in [6.45, 7) is 6.78. The third-order valence-corrected chi connectivity index (χ3v) is 12.7. The van der Waals surface area contributed by atoms with E-state index in [9.17, 15) is 24.0 Å². The predicted octanol–water partition coefficient (Wildman–Crippen LogP) is 4.98.